The normalized spacial score (nSPS) is 11.6. The number of amides is 2. The van der Waals surface area contributed by atoms with Gasteiger partial charge in [0.2, 0.25) is 5.91 Å². The van der Waals surface area contributed by atoms with Crippen LogP contribution < -0.4 is 10.6 Å². The highest BCUT2D eigenvalue weighted by molar-refractivity contribution is 7.99. The van der Waals surface area contributed by atoms with Gasteiger partial charge in [0.1, 0.15) is 0 Å². The summed E-state index contributed by atoms with van der Waals surface area (Å²) in [6, 6.07) is 10.8. The molecule has 0 bridgehead atoms. The van der Waals surface area contributed by atoms with Gasteiger partial charge in [0.15, 0.2) is 11.0 Å². The lowest BCUT2D eigenvalue weighted by Gasteiger charge is -2.15. The molecule has 0 unspecified atom stereocenters. The van der Waals surface area contributed by atoms with Crippen molar-refractivity contribution in [2.45, 2.75) is 44.9 Å². The molecular formula is C25H27Cl2N5O4S. The maximum absolute atomic E-state index is 12.7. The Bertz CT molecular complexity index is 1280. The Balaban J connectivity index is 1.61. The van der Waals surface area contributed by atoms with E-state index >= 15 is 0 Å². The number of carbonyl (C=O) groups excluding carboxylic acids is 3. The zero-order valence-electron chi connectivity index (χ0n) is 20.6. The van der Waals surface area contributed by atoms with Gasteiger partial charge in [-0.05, 0) is 56.7 Å². The first-order valence-electron chi connectivity index (χ1n) is 11.6. The predicted molar refractivity (Wildman–Crippen MR) is 144 cm³/mol. The SMILES string of the molecule is CCCOC(=O)c1cccc(NC(=O)CSc2nnc([C@H](C)NC(=O)c3ccc(Cl)cc3Cl)n2CC)c1. The Hall–Kier alpha value is -3.08. The average Bonchev–Trinajstić information content (AvgIpc) is 3.29. The van der Waals surface area contributed by atoms with Gasteiger partial charge in [0.25, 0.3) is 5.91 Å². The summed E-state index contributed by atoms with van der Waals surface area (Å²) in [5.41, 5.74) is 1.16. The molecule has 0 radical (unpaired) electrons. The molecule has 0 saturated heterocycles. The molecule has 1 atom stereocenters. The van der Waals surface area contributed by atoms with Crippen LogP contribution >= 0.6 is 35.0 Å². The minimum absolute atomic E-state index is 0.0732. The van der Waals surface area contributed by atoms with E-state index in [4.69, 9.17) is 27.9 Å². The van der Waals surface area contributed by atoms with Gasteiger partial charge < -0.3 is 19.9 Å². The number of halogens is 2. The molecule has 1 aromatic heterocycles. The zero-order chi connectivity index (χ0) is 26.9. The van der Waals surface area contributed by atoms with Crippen molar-refractivity contribution in [1.29, 1.82) is 0 Å². The summed E-state index contributed by atoms with van der Waals surface area (Å²) < 4.78 is 6.97. The van der Waals surface area contributed by atoms with Crippen LogP contribution in [0, 0.1) is 0 Å². The van der Waals surface area contributed by atoms with Crippen molar-refractivity contribution in [3.8, 4) is 0 Å². The number of nitrogens with zero attached hydrogens (tertiary/aromatic N) is 3. The molecule has 2 N–H and O–H groups in total. The van der Waals surface area contributed by atoms with Crippen LogP contribution in [0.1, 0.15) is 59.8 Å². The van der Waals surface area contributed by atoms with E-state index in [0.29, 0.717) is 46.0 Å². The molecule has 9 nitrogen and oxygen atoms in total. The molecule has 2 amide bonds. The van der Waals surface area contributed by atoms with Crippen LogP contribution in [0.3, 0.4) is 0 Å². The van der Waals surface area contributed by atoms with Crippen molar-refractivity contribution in [2.24, 2.45) is 0 Å². The van der Waals surface area contributed by atoms with Crippen LogP contribution in [0.2, 0.25) is 10.0 Å². The molecule has 0 aliphatic rings. The molecule has 37 heavy (non-hydrogen) atoms. The first-order valence-corrected chi connectivity index (χ1v) is 13.4. The lowest BCUT2D eigenvalue weighted by molar-refractivity contribution is -0.113. The first kappa shape index (κ1) is 28.5. The van der Waals surface area contributed by atoms with E-state index < -0.39 is 12.0 Å². The summed E-state index contributed by atoms with van der Waals surface area (Å²) in [4.78, 5) is 37.3. The maximum atomic E-state index is 12.7. The molecule has 3 aromatic rings. The van der Waals surface area contributed by atoms with Crippen molar-refractivity contribution in [2.75, 3.05) is 17.7 Å². The predicted octanol–water partition coefficient (Wildman–Crippen LogP) is 5.39. The molecule has 196 valence electrons. The number of hydrogen-bond donors (Lipinski definition) is 2. The van der Waals surface area contributed by atoms with Crippen LogP contribution in [0.5, 0.6) is 0 Å². The number of nitrogens with one attached hydrogen (secondary N) is 2. The lowest BCUT2D eigenvalue weighted by Crippen LogP contribution is -2.29. The molecule has 1 heterocycles. The molecular weight excluding hydrogens is 537 g/mol. The van der Waals surface area contributed by atoms with E-state index in [1.165, 1.54) is 17.8 Å². The number of benzene rings is 2. The highest BCUT2D eigenvalue weighted by atomic mass is 35.5. The van der Waals surface area contributed by atoms with Gasteiger partial charge >= 0.3 is 5.97 Å². The van der Waals surface area contributed by atoms with E-state index in [0.717, 1.165) is 6.42 Å². The molecule has 0 aliphatic carbocycles. The van der Waals surface area contributed by atoms with E-state index in [1.54, 1.807) is 43.3 Å². The Morgan fingerprint density at radius 2 is 1.89 bits per heavy atom. The second-order valence-electron chi connectivity index (χ2n) is 7.96. The summed E-state index contributed by atoms with van der Waals surface area (Å²) in [6.45, 7) is 6.50. The lowest BCUT2D eigenvalue weighted by atomic mass is 10.2. The number of esters is 1. The second-order valence-corrected chi connectivity index (χ2v) is 9.74. The maximum Gasteiger partial charge on any atom is 0.338 e. The van der Waals surface area contributed by atoms with E-state index in [9.17, 15) is 14.4 Å². The van der Waals surface area contributed by atoms with Gasteiger partial charge in [-0.2, -0.15) is 0 Å². The Morgan fingerprint density at radius 1 is 1.11 bits per heavy atom. The molecule has 0 spiro atoms. The number of aromatic nitrogens is 3. The third kappa shape index (κ3) is 7.70. The topological polar surface area (TPSA) is 115 Å². The van der Waals surface area contributed by atoms with Crippen molar-refractivity contribution >= 4 is 58.4 Å². The van der Waals surface area contributed by atoms with Crippen LogP contribution in [-0.4, -0.2) is 44.9 Å². The fraction of sp³-hybridized carbons (Fsp3) is 0.320. The minimum atomic E-state index is -0.468. The Kier molecular flexibility index (Phi) is 10.4. The summed E-state index contributed by atoms with van der Waals surface area (Å²) in [6.07, 6.45) is 0.728. The number of hydrogen-bond acceptors (Lipinski definition) is 7. The fourth-order valence-electron chi connectivity index (χ4n) is 3.37. The van der Waals surface area contributed by atoms with Gasteiger partial charge in [0.05, 0.1) is 34.6 Å². The van der Waals surface area contributed by atoms with Crippen molar-refractivity contribution in [3.63, 3.8) is 0 Å². The standard InChI is InChI=1S/C25H27Cl2N5O4S/c1-4-11-36-24(35)16-7-6-8-18(12-16)29-21(33)14-37-25-31-30-22(32(25)5-2)15(3)28-23(34)19-10-9-17(26)13-20(19)27/h6-10,12-13,15H,4-5,11,14H2,1-3H3,(H,28,34)(H,29,33)/t15-/m0/s1. The Labute approximate surface area is 229 Å². The Morgan fingerprint density at radius 3 is 2.59 bits per heavy atom. The number of ether oxygens (including phenoxy) is 1. The molecule has 12 heteroatoms. The average molecular weight is 564 g/mol. The highest BCUT2D eigenvalue weighted by Gasteiger charge is 2.21. The zero-order valence-corrected chi connectivity index (χ0v) is 22.9. The van der Waals surface area contributed by atoms with Gasteiger partial charge in [-0.25, -0.2) is 4.79 Å². The fourth-order valence-corrected chi connectivity index (χ4v) is 4.67. The van der Waals surface area contributed by atoms with Crippen molar-refractivity contribution in [1.82, 2.24) is 20.1 Å². The van der Waals surface area contributed by atoms with Crippen LogP contribution in [0.15, 0.2) is 47.6 Å². The van der Waals surface area contributed by atoms with Crippen LogP contribution in [0.25, 0.3) is 0 Å². The molecule has 0 fully saturated rings. The summed E-state index contributed by atoms with van der Waals surface area (Å²) >= 11 is 13.3. The van der Waals surface area contributed by atoms with Gasteiger partial charge in [-0.3, -0.25) is 9.59 Å². The van der Waals surface area contributed by atoms with Crippen molar-refractivity contribution < 1.29 is 19.1 Å². The summed E-state index contributed by atoms with van der Waals surface area (Å²) in [5, 5.41) is 15.3. The highest BCUT2D eigenvalue weighted by Crippen LogP contribution is 2.24. The molecule has 0 aliphatic heterocycles. The monoisotopic (exact) mass is 563 g/mol. The van der Waals surface area contributed by atoms with E-state index in [2.05, 4.69) is 20.8 Å². The van der Waals surface area contributed by atoms with Crippen LogP contribution in [-0.2, 0) is 16.1 Å². The number of rotatable bonds is 11. The summed E-state index contributed by atoms with van der Waals surface area (Å²) in [7, 11) is 0. The number of carbonyl (C=O) groups is 3. The quantitative estimate of drug-likeness (QED) is 0.237. The largest absolute Gasteiger partial charge is 0.462 e. The van der Waals surface area contributed by atoms with Crippen molar-refractivity contribution in [3.05, 3.63) is 69.5 Å². The van der Waals surface area contributed by atoms with Gasteiger partial charge in [-0.15, -0.1) is 10.2 Å². The third-order valence-electron chi connectivity index (χ3n) is 5.12. The third-order valence-corrected chi connectivity index (χ3v) is 6.64. The van der Waals surface area contributed by atoms with E-state index in [1.807, 2.05) is 18.4 Å². The first-order chi connectivity index (χ1) is 17.7. The van der Waals surface area contributed by atoms with E-state index in [-0.39, 0.29) is 22.6 Å². The molecule has 2 aromatic carbocycles. The number of anilines is 1. The summed E-state index contributed by atoms with van der Waals surface area (Å²) in [5.74, 6) is -0.453. The minimum Gasteiger partial charge on any atom is -0.462 e. The van der Waals surface area contributed by atoms with Gasteiger partial charge in [-0.1, -0.05) is 48.0 Å². The van der Waals surface area contributed by atoms with Gasteiger partial charge in [0, 0.05) is 17.3 Å². The molecule has 3 rings (SSSR count). The molecule has 0 saturated carbocycles. The second kappa shape index (κ2) is 13.5. The van der Waals surface area contributed by atoms with Crippen LogP contribution in [0.4, 0.5) is 5.69 Å². The smallest absolute Gasteiger partial charge is 0.338 e. The number of thioether (sulfide) groups is 1.